The molecule has 1 atom stereocenters. The average Bonchev–Trinajstić information content (AvgIpc) is 3.20. The fourth-order valence-corrected chi connectivity index (χ4v) is 3.31. The molecule has 0 unspecified atom stereocenters. The molecule has 3 heterocycles. The Morgan fingerprint density at radius 2 is 1.96 bits per heavy atom. The highest BCUT2D eigenvalue weighted by Crippen LogP contribution is 2.24. The fourth-order valence-electron chi connectivity index (χ4n) is 3.31. The summed E-state index contributed by atoms with van der Waals surface area (Å²) >= 11 is 0. The van der Waals surface area contributed by atoms with E-state index in [1.54, 1.807) is 24.5 Å². The van der Waals surface area contributed by atoms with Gasteiger partial charge in [-0.3, -0.25) is 14.9 Å². The summed E-state index contributed by atoms with van der Waals surface area (Å²) in [6, 6.07) is 15.8. The number of aromatic nitrogens is 3. The summed E-state index contributed by atoms with van der Waals surface area (Å²) in [5.74, 6) is 0.873. The number of piperidine rings is 1. The number of pyridine rings is 1. The van der Waals surface area contributed by atoms with E-state index in [1.165, 1.54) is 0 Å². The van der Waals surface area contributed by atoms with Crippen molar-refractivity contribution in [2.24, 2.45) is 0 Å². The van der Waals surface area contributed by atoms with E-state index in [1.807, 2.05) is 18.2 Å². The number of benzene rings is 1. The third-order valence-electron chi connectivity index (χ3n) is 4.67. The lowest BCUT2D eigenvalue weighted by Gasteiger charge is -2.33. The molecule has 1 aromatic carbocycles. The van der Waals surface area contributed by atoms with Gasteiger partial charge in [0, 0.05) is 43.2 Å². The highest BCUT2D eigenvalue weighted by molar-refractivity contribution is 5.94. The topological polar surface area (TPSA) is 73.9 Å². The van der Waals surface area contributed by atoms with Crippen LogP contribution in [0.1, 0.15) is 23.2 Å². The molecular formula is C20H21N5O. The van der Waals surface area contributed by atoms with Gasteiger partial charge < -0.3 is 10.2 Å². The maximum atomic E-state index is 12.4. The molecule has 1 amide bonds. The SMILES string of the molecule is O=C(N[C@@H]1CCCN(c2cc(-c3ccccc3)[nH]n2)C1)c1ccncc1. The summed E-state index contributed by atoms with van der Waals surface area (Å²) in [4.78, 5) is 18.5. The van der Waals surface area contributed by atoms with Gasteiger partial charge in [-0.15, -0.1) is 0 Å². The molecule has 1 aliphatic heterocycles. The van der Waals surface area contributed by atoms with Gasteiger partial charge in [0.1, 0.15) is 0 Å². The van der Waals surface area contributed by atoms with Crippen molar-refractivity contribution in [3.05, 3.63) is 66.5 Å². The highest BCUT2D eigenvalue weighted by Gasteiger charge is 2.23. The number of carbonyl (C=O) groups is 1. The number of hydrogen-bond acceptors (Lipinski definition) is 4. The Morgan fingerprint density at radius 1 is 1.15 bits per heavy atom. The minimum absolute atomic E-state index is 0.0498. The van der Waals surface area contributed by atoms with Crippen LogP contribution < -0.4 is 10.2 Å². The Labute approximate surface area is 152 Å². The largest absolute Gasteiger partial charge is 0.353 e. The molecule has 0 bridgehead atoms. The predicted molar refractivity (Wildman–Crippen MR) is 101 cm³/mol. The molecule has 26 heavy (non-hydrogen) atoms. The van der Waals surface area contributed by atoms with Crippen LogP contribution >= 0.6 is 0 Å². The minimum atomic E-state index is -0.0498. The van der Waals surface area contributed by atoms with Crippen LogP contribution in [-0.2, 0) is 0 Å². The summed E-state index contributed by atoms with van der Waals surface area (Å²) < 4.78 is 0. The van der Waals surface area contributed by atoms with Gasteiger partial charge in [0.05, 0.1) is 5.69 Å². The van der Waals surface area contributed by atoms with Crippen molar-refractivity contribution >= 4 is 11.7 Å². The Morgan fingerprint density at radius 3 is 2.77 bits per heavy atom. The molecule has 4 rings (SSSR count). The molecule has 0 aliphatic carbocycles. The molecule has 1 fully saturated rings. The second kappa shape index (κ2) is 7.39. The zero-order chi connectivity index (χ0) is 17.8. The summed E-state index contributed by atoms with van der Waals surface area (Å²) in [5, 5.41) is 10.7. The van der Waals surface area contributed by atoms with Crippen molar-refractivity contribution in [2.75, 3.05) is 18.0 Å². The number of anilines is 1. The maximum Gasteiger partial charge on any atom is 0.251 e. The third kappa shape index (κ3) is 3.59. The van der Waals surface area contributed by atoms with Crippen LogP contribution in [-0.4, -0.2) is 40.2 Å². The van der Waals surface area contributed by atoms with Crippen molar-refractivity contribution in [3.8, 4) is 11.3 Å². The van der Waals surface area contributed by atoms with Crippen LogP contribution in [0.2, 0.25) is 0 Å². The van der Waals surface area contributed by atoms with Gasteiger partial charge in [-0.2, -0.15) is 5.10 Å². The lowest BCUT2D eigenvalue weighted by atomic mass is 10.0. The van der Waals surface area contributed by atoms with E-state index in [-0.39, 0.29) is 11.9 Å². The van der Waals surface area contributed by atoms with E-state index in [0.29, 0.717) is 5.56 Å². The van der Waals surface area contributed by atoms with Gasteiger partial charge in [0.2, 0.25) is 0 Å². The maximum absolute atomic E-state index is 12.4. The lowest BCUT2D eigenvalue weighted by molar-refractivity contribution is 0.0933. The van der Waals surface area contributed by atoms with E-state index in [4.69, 9.17) is 0 Å². The second-order valence-corrected chi connectivity index (χ2v) is 6.50. The third-order valence-corrected chi connectivity index (χ3v) is 4.67. The van der Waals surface area contributed by atoms with Crippen LogP contribution in [0.25, 0.3) is 11.3 Å². The molecule has 1 saturated heterocycles. The Bertz CT molecular complexity index is 862. The molecule has 2 N–H and O–H groups in total. The van der Waals surface area contributed by atoms with Crippen molar-refractivity contribution in [1.82, 2.24) is 20.5 Å². The molecule has 6 nitrogen and oxygen atoms in total. The van der Waals surface area contributed by atoms with E-state index in [9.17, 15) is 4.79 Å². The normalized spacial score (nSPS) is 17.1. The summed E-state index contributed by atoms with van der Waals surface area (Å²) in [7, 11) is 0. The molecular weight excluding hydrogens is 326 g/mol. The number of rotatable bonds is 4. The van der Waals surface area contributed by atoms with Crippen molar-refractivity contribution in [1.29, 1.82) is 0 Å². The highest BCUT2D eigenvalue weighted by atomic mass is 16.1. The standard InChI is InChI=1S/C20H21N5O/c26-20(16-8-10-21-11-9-16)22-17-7-4-12-25(14-17)19-13-18(23-24-19)15-5-2-1-3-6-15/h1-3,5-6,8-11,13,17H,4,7,12,14H2,(H,22,26)(H,23,24)/t17-/m1/s1. The Kier molecular flexibility index (Phi) is 4.64. The first-order valence-corrected chi connectivity index (χ1v) is 8.86. The van der Waals surface area contributed by atoms with Crippen LogP contribution in [0.15, 0.2) is 60.9 Å². The molecule has 132 valence electrons. The predicted octanol–water partition coefficient (Wildman–Crippen LogP) is 2.87. The number of nitrogens with zero attached hydrogens (tertiary/aromatic N) is 3. The van der Waals surface area contributed by atoms with E-state index >= 15 is 0 Å². The second-order valence-electron chi connectivity index (χ2n) is 6.50. The van der Waals surface area contributed by atoms with Gasteiger partial charge in [-0.1, -0.05) is 30.3 Å². The number of carbonyl (C=O) groups excluding carboxylic acids is 1. The molecule has 0 saturated carbocycles. The number of hydrogen-bond donors (Lipinski definition) is 2. The van der Waals surface area contributed by atoms with Gasteiger partial charge in [-0.25, -0.2) is 0 Å². The summed E-state index contributed by atoms with van der Waals surface area (Å²) in [6.07, 6.45) is 5.27. The molecule has 0 spiro atoms. The van der Waals surface area contributed by atoms with Crippen LogP contribution in [0.5, 0.6) is 0 Å². The number of nitrogens with one attached hydrogen (secondary N) is 2. The Hall–Kier alpha value is -3.15. The zero-order valence-electron chi connectivity index (χ0n) is 14.4. The number of amides is 1. The van der Waals surface area contributed by atoms with Gasteiger partial charge in [0.25, 0.3) is 5.91 Å². The van der Waals surface area contributed by atoms with Crippen molar-refractivity contribution in [3.63, 3.8) is 0 Å². The first-order chi connectivity index (χ1) is 12.8. The molecule has 2 aromatic heterocycles. The average molecular weight is 347 g/mol. The zero-order valence-corrected chi connectivity index (χ0v) is 14.4. The lowest BCUT2D eigenvalue weighted by Crippen LogP contribution is -2.48. The van der Waals surface area contributed by atoms with Gasteiger partial charge in [0.15, 0.2) is 5.82 Å². The van der Waals surface area contributed by atoms with Crippen LogP contribution in [0.4, 0.5) is 5.82 Å². The summed E-state index contributed by atoms with van der Waals surface area (Å²) in [5.41, 5.74) is 2.76. The molecule has 6 heteroatoms. The van der Waals surface area contributed by atoms with Crippen molar-refractivity contribution in [2.45, 2.75) is 18.9 Å². The fraction of sp³-hybridized carbons (Fsp3) is 0.250. The smallest absolute Gasteiger partial charge is 0.251 e. The number of aromatic amines is 1. The molecule has 0 radical (unpaired) electrons. The van der Waals surface area contributed by atoms with Gasteiger partial charge >= 0.3 is 0 Å². The first-order valence-electron chi connectivity index (χ1n) is 8.86. The van der Waals surface area contributed by atoms with Crippen LogP contribution in [0.3, 0.4) is 0 Å². The first kappa shape index (κ1) is 16.3. The summed E-state index contributed by atoms with van der Waals surface area (Å²) in [6.45, 7) is 1.70. The van der Waals surface area contributed by atoms with E-state index in [0.717, 1.165) is 43.0 Å². The molecule has 1 aliphatic rings. The van der Waals surface area contributed by atoms with Gasteiger partial charge in [-0.05, 0) is 30.5 Å². The Balaban J connectivity index is 1.42. The van der Waals surface area contributed by atoms with Crippen molar-refractivity contribution < 1.29 is 4.79 Å². The monoisotopic (exact) mass is 347 g/mol. The van der Waals surface area contributed by atoms with E-state index < -0.39 is 0 Å². The van der Waals surface area contributed by atoms with Crippen LogP contribution in [0, 0.1) is 0 Å². The minimum Gasteiger partial charge on any atom is -0.353 e. The van der Waals surface area contributed by atoms with E-state index in [2.05, 4.69) is 43.6 Å². The number of H-pyrrole nitrogens is 1. The molecule has 3 aromatic rings. The quantitative estimate of drug-likeness (QED) is 0.761.